The molecule has 3 atom stereocenters. The van der Waals surface area contributed by atoms with E-state index in [9.17, 15) is 18.8 Å². The van der Waals surface area contributed by atoms with Gasteiger partial charge >= 0.3 is 0 Å². The average Bonchev–Trinajstić information content (AvgIpc) is 3.39. The van der Waals surface area contributed by atoms with Crippen LogP contribution in [0.1, 0.15) is 53.7 Å². The first kappa shape index (κ1) is 24.7. The van der Waals surface area contributed by atoms with Crippen molar-refractivity contribution in [3.05, 3.63) is 141 Å². The highest BCUT2D eigenvalue weighted by molar-refractivity contribution is 6.34. The largest absolute Gasteiger partial charge is 0.352 e. The molecule has 2 heterocycles. The summed E-state index contributed by atoms with van der Waals surface area (Å²) in [5, 5.41) is 0.369. The molecule has 4 aromatic rings. The fourth-order valence-corrected chi connectivity index (χ4v) is 7.16. The Morgan fingerprint density at radius 1 is 0.875 bits per heavy atom. The number of benzene rings is 4. The molecule has 1 spiro atoms. The summed E-state index contributed by atoms with van der Waals surface area (Å²) in [5.74, 6) is -2.23. The van der Waals surface area contributed by atoms with Crippen molar-refractivity contribution in [3.8, 4) is 0 Å². The number of Topliss-reactive ketones (excluding diaryl/α,β-unsaturated/α-hetero) is 3. The number of aryl methyl sites for hydroxylation is 1. The van der Waals surface area contributed by atoms with Gasteiger partial charge in [0, 0.05) is 38.9 Å². The second-order valence-electron chi connectivity index (χ2n) is 10.7. The van der Waals surface area contributed by atoms with E-state index in [1.54, 1.807) is 78.9 Å². The van der Waals surface area contributed by atoms with Gasteiger partial charge in [-0.05, 0) is 36.8 Å². The van der Waals surface area contributed by atoms with Gasteiger partial charge in [-0.3, -0.25) is 14.4 Å². The Bertz CT molecular complexity index is 1740. The van der Waals surface area contributed by atoms with Crippen molar-refractivity contribution in [2.75, 3.05) is 4.90 Å². The monoisotopic (exact) mass is 547 g/mol. The number of rotatable bonds is 3. The van der Waals surface area contributed by atoms with Crippen LogP contribution in [0.5, 0.6) is 0 Å². The molecule has 40 heavy (non-hydrogen) atoms. The van der Waals surface area contributed by atoms with E-state index < -0.39 is 29.2 Å². The molecule has 0 aromatic heterocycles. The number of hydrogen-bond acceptors (Lipinski definition) is 4. The van der Waals surface area contributed by atoms with Gasteiger partial charge in [-0.2, -0.15) is 0 Å². The normalized spacial score (nSPS) is 21.9. The molecule has 4 nitrogen and oxygen atoms in total. The summed E-state index contributed by atoms with van der Waals surface area (Å²) in [6.07, 6.45) is 3.52. The highest BCUT2D eigenvalue weighted by atomic mass is 35.5. The van der Waals surface area contributed by atoms with Crippen molar-refractivity contribution < 1.29 is 18.8 Å². The Hall–Kier alpha value is -4.35. The topological polar surface area (TPSA) is 54.5 Å². The maximum Gasteiger partial charge on any atom is 0.185 e. The Labute approximate surface area is 235 Å². The minimum atomic E-state index is -1.65. The van der Waals surface area contributed by atoms with Crippen LogP contribution in [0.3, 0.4) is 0 Å². The zero-order valence-electron chi connectivity index (χ0n) is 21.5. The summed E-state index contributed by atoms with van der Waals surface area (Å²) in [4.78, 5) is 45.7. The summed E-state index contributed by atoms with van der Waals surface area (Å²) in [6.45, 7) is 1.94. The molecule has 0 amide bonds. The van der Waals surface area contributed by atoms with Crippen LogP contribution >= 0.6 is 11.6 Å². The quantitative estimate of drug-likeness (QED) is 0.203. The number of anilines is 1. The first-order valence-electron chi connectivity index (χ1n) is 13.1. The van der Waals surface area contributed by atoms with Gasteiger partial charge in [0.25, 0.3) is 0 Å². The predicted molar refractivity (Wildman–Crippen MR) is 153 cm³/mol. The van der Waals surface area contributed by atoms with E-state index in [2.05, 4.69) is 0 Å². The Balaban J connectivity index is 1.56. The fourth-order valence-electron chi connectivity index (χ4n) is 6.91. The molecule has 196 valence electrons. The number of halogens is 2. The minimum absolute atomic E-state index is 0.242. The molecule has 4 aromatic carbocycles. The molecule has 2 aliphatic heterocycles. The lowest BCUT2D eigenvalue weighted by molar-refractivity contribution is 0.0666. The van der Waals surface area contributed by atoms with Crippen LogP contribution in [0.2, 0.25) is 5.02 Å². The Morgan fingerprint density at radius 2 is 1.52 bits per heavy atom. The van der Waals surface area contributed by atoms with Gasteiger partial charge in [-0.15, -0.1) is 0 Å². The number of hydrogen-bond donors (Lipinski definition) is 0. The number of fused-ring (bicyclic) bond motifs is 5. The lowest BCUT2D eigenvalue weighted by atomic mass is 9.64. The van der Waals surface area contributed by atoms with Crippen molar-refractivity contribution in [1.29, 1.82) is 0 Å². The van der Waals surface area contributed by atoms with Crippen LogP contribution in [0, 0.1) is 18.2 Å². The second kappa shape index (κ2) is 8.83. The van der Waals surface area contributed by atoms with Gasteiger partial charge in [-0.25, -0.2) is 4.39 Å². The molecule has 0 saturated carbocycles. The third kappa shape index (κ3) is 3.21. The first-order valence-corrected chi connectivity index (χ1v) is 13.5. The Kier molecular flexibility index (Phi) is 5.45. The summed E-state index contributed by atoms with van der Waals surface area (Å²) < 4.78 is 14.3. The average molecular weight is 548 g/mol. The minimum Gasteiger partial charge on any atom is -0.352 e. The zero-order valence-corrected chi connectivity index (χ0v) is 22.2. The highest BCUT2D eigenvalue weighted by Crippen LogP contribution is 2.61. The van der Waals surface area contributed by atoms with Crippen molar-refractivity contribution in [2.45, 2.75) is 24.9 Å². The van der Waals surface area contributed by atoms with Gasteiger partial charge in [0.05, 0.1) is 6.04 Å². The van der Waals surface area contributed by atoms with E-state index in [-0.39, 0.29) is 17.3 Å². The third-order valence-corrected chi connectivity index (χ3v) is 8.95. The van der Waals surface area contributed by atoms with Gasteiger partial charge in [0.1, 0.15) is 17.3 Å². The van der Waals surface area contributed by atoms with Crippen molar-refractivity contribution in [2.24, 2.45) is 5.41 Å². The molecular weight excluding hydrogens is 525 g/mol. The van der Waals surface area contributed by atoms with Gasteiger partial charge in [0.2, 0.25) is 0 Å². The molecular formula is C34H23ClFNO3. The third-order valence-electron chi connectivity index (χ3n) is 8.61. The van der Waals surface area contributed by atoms with Crippen molar-refractivity contribution in [3.63, 3.8) is 0 Å². The van der Waals surface area contributed by atoms with Crippen LogP contribution in [-0.2, 0) is 0 Å². The molecule has 3 aliphatic rings. The summed E-state index contributed by atoms with van der Waals surface area (Å²) in [6, 6.07) is 23.8. The van der Waals surface area contributed by atoms with E-state index in [4.69, 9.17) is 11.6 Å². The standard InChI is InChI=1S/C34H23ClFNO3/c1-19-10-12-20(13-11-19)31(38)30-29(25-8-4-5-9-26(25)35)34(32(39)23-6-2-3-7-24(23)33(34)40)28-17-14-21-18-22(36)15-16-27(21)37(28)30/h2-18,28-30H,1H3/t28-,29-,30-/m0/s1. The van der Waals surface area contributed by atoms with E-state index in [1.165, 1.54) is 12.1 Å². The number of carbonyl (C=O) groups is 3. The lowest BCUT2D eigenvalue weighted by Crippen LogP contribution is -2.48. The molecule has 1 aliphatic carbocycles. The number of carbonyl (C=O) groups excluding carboxylic acids is 3. The van der Waals surface area contributed by atoms with Crippen LogP contribution in [0.15, 0.2) is 97.1 Å². The predicted octanol–water partition coefficient (Wildman–Crippen LogP) is 7.10. The number of ketones is 3. The van der Waals surface area contributed by atoms with Crippen LogP contribution < -0.4 is 4.90 Å². The molecule has 1 fully saturated rings. The van der Waals surface area contributed by atoms with Gasteiger partial charge < -0.3 is 4.90 Å². The highest BCUT2D eigenvalue weighted by Gasteiger charge is 2.71. The molecule has 1 saturated heterocycles. The second-order valence-corrected chi connectivity index (χ2v) is 11.1. The number of nitrogens with zero attached hydrogens (tertiary/aromatic N) is 1. The van der Waals surface area contributed by atoms with Crippen LogP contribution in [0.4, 0.5) is 10.1 Å². The van der Waals surface area contributed by atoms with Crippen molar-refractivity contribution in [1.82, 2.24) is 0 Å². The van der Waals surface area contributed by atoms with E-state index in [0.29, 0.717) is 38.5 Å². The summed E-state index contributed by atoms with van der Waals surface area (Å²) in [5.41, 5.74) is 2.19. The van der Waals surface area contributed by atoms with Gasteiger partial charge in [-0.1, -0.05) is 96.0 Å². The fraction of sp³-hybridized carbons (Fsp3) is 0.147. The van der Waals surface area contributed by atoms with E-state index in [1.807, 2.05) is 24.0 Å². The summed E-state index contributed by atoms with van der Waals surface area (Å²) >= 11 is 6.81. The van der Waals surface area contributed by atoms with Crippen molar-refractivity contribution >= 4 is 40.7 Å². The van der Waals surface area contributed by atoms with Gasteiger partial charge in [0.15, 0.2) is 17.3 Å². The SMILES string of the molecule is Cc1ccc(C(=O)[C@@H]2[C@H](c3ccccc3Cl)C3(C(=O)c4ccccc4C3=O)[C@@H]3C=Cc4cc(F)ccc4N23)cc1. The molecule has 7 rings (SSSR count). The van der Waals surface area contributed by atoms with E-state index >= 15 is 0 Å². The molecule has 6 heteroatoms. The molecule has 0 radical (unpaired) electrons. The molecule has 0 bridgehead atoms. The first-order chi connectivity index (χ1) is 19.3. The van der Waals surface area contributed by atoms with Crippen LogP contribution in [0.25, 0.3) is 6.08 Å². The zero-order chi connectivity index (χ0) is 27.8. The molecule has 0 unspecified atom stereocenters. The lowest BCUT2D eigenvalue weighted by Gasteiger charge is -2.37. The van der Waals surface area contributed by atoms with E-state index in [0.717, 1.165) is 5.56 Å². The Morgan fingerprint density at radius 3 is 2.20 bits per heavy atom. The molecule has 0 N–H and O–H groups in total. The maximum atomic E-state index is 14.6. The smallest absolute Gasteiger partial charge is 0.185 e. The van der Waals surface area contributed by atoms with Crippen LogP contribution in [-0.4, -0.2) is 29.4 Å². The summed E-state index contributed by atoms with van der Waals surface area (Å²) in [7, 11) is 0. The maximum absolute atomic E-state index is 14.6.